The molecule has 1 saturated carbocycles. The molecule has 0 radical (unpaired) electrons. The summed E-state index contributed by atoms with van der Waals surface area (Å²) in [5, 5.41) is 14.7. The summed E-state index contributed by atoms with van der Waals surface area (Å²) >= 11 is 0. The monoisotopic (exact) mass is 590 g/mol. The highest BCUT2D eigenvalue weighted by molar-refractivity contribution is 6.04. The first kappa shape index (κ1) is 29.5. The van der Waals surface area contributed by atoms with Crippen molar-refractivity contribution in [1.29, 1.82) is 5.26 Å². The minimum Gasteiger partial charge on any atom is -0.382 e. The number of nitrogen functional groups attached to an aromatic ring is 1. The van der Waals surface area contributed by atoms with Crippen LogP contribution in [0, 0.1) is 16.7 Å². The summed E-state index contributed by atoms with van der Waals surface area (Å²) in [5.74, 6) is -0.122. The highest BCUT2D eigenvalue weighted by Crippen LogP contribution is 2.37. The van der Waals surface area contributed by atoms with Gasteiger partial charge in [-0.25, -0.2) is 15.0 Å². The van der Waals surface area contributed by atoms with Crippen molar-refractivity contribution in [3.63, 3.8) is 0 Å². The Morgan fingerprint density at radius 1 is 1.09 bits per heavy atom. The number of hydrogen-bond acceptors (Lipinski definition) is 7. The maximum absolute atomic E-state index is 13.0. The molecule has 13 heteroatoms. The number of fused-ring (bicyclic) bond motifs is 1. The Morgan fingerprint density at radius 2 is 1.84 bits per heavy atom. The molecule has 1 aliphatic rings. The fourth-order valence-corrected chi connectivity index (χ4v) is 5.19. The fourth-order valence-electron chi connectivity index (χ4n) is 5.19. The van der Waals surface area contributed by atoms with Gasteiger partial charge in [-0.05, 0) is 57.4 Å². The zero-order chi connectivity index (χ0) is 30.9. The predicted molar refractivity (Wildman–Crippen MR) is 153 cm³/mol. The third kappa shape index (κ3) is 6.13. The average Bonchev–Trinajstić information content (AvgIpc) is 3.38. The number of benzene rings is 1. The van der Waals surface area contributed by atoms with Gasteiger partial charge in [0.1, 0.15) is 34.1 Å². The molecule has 10 nitrogen and oxygen atoms in total. The molecule has 0 spiro atoms. The van der Waals surface area contributed by atoms with Gasteiger partial charge < -0.3 is 16.4 Å². The number of amides is 2. The highest BCUT2D eigenvalue weighted by atomic mass is 19.4. The number of nitrogens with zero attached hydrogens (tertiary/aromatic N) is 5. The number of anilines is 2. The highest BCUT2D eigenvalue weighted by Gasteiger charge is 2.33. The van der Waals surface area contributed by atoms with Crippen molar-refractivity contribution in [1.82, 2.24) is 24.7 Å². The Labute approximate surface area is 245 Å². The molecule has 0 bridgehead atoms. The fraction of sp³-hybridized carbons (Fsp3) is 0.333. The summed E-state index contributed by atoms with van der Waals surface area (Å²) in [4.78, 5) is 38.4. The number of carbonyl (C=O) groups excluding carboxylic acids is 2. The van der Waals surface area contributed by atoms with Gasteiger partial charge in [-0.3, -0.25) is 14.0 Å². The number of nitrogens with one attached hydrogen (secondary N) is 2. The van der Waals surface area contributed by atoms with Crippen LogP contribution in [0.4, 0.5) is 24.8 Å². The van der Waals surface area contributed by atoms with E-state index in [1.807, 2.05) is 10.5 Å². The van der Waals surface area contributed by atoms with Gasteiger partial charge in [0.2, 0.25) is 5.91 Å². The first-order chi connectivity index (χ1) is 20.4. The molecule has 2 amide bonds. The normalized spacial score (nSPS) is 17.3. The lowest BCUT2D eigenvalue weighted by molar-refractivity contribution is -0.137. The van der Waals surface area contributed by atoms with Crippen LogP contribution in [-0.4, -0.2) is 37.2 Å². The van der Waals surface area contributed by atoms with Crippen LogP contribution in [0.25, 0.3) is 16.8 Å². The largest absolute Gasteiger partial charge is 0.416 e. The van der Waals surface area contributed by atoms with Crippen LogP contribution in [0.3, 0.4) is 0 Å². The lowest BCUT2D eigenvalue weighted by Gasteiger charge is -2.30. The lowest BCUT2D eigenvalue weighted by atomic mass is 9.84. The number of alkyl halides is 3. The molecule has 1 fully saturated rings. The van der Waals surface area contributed by atoms with Crippen molar-refractivity contribution in [2.24, 2.45) is 5.41 Å². The van der Waals surface area contributed by atoms with Crippen molar-refractivity contribution in [2.75, 3.05) is 11.1 Å². The lowest BCUT2D eigenvalue weighted by Crippen LogP contribution is -2.44. The number of hydrogen-bond donors (Lipinski definition) is 3. The molecule has 4 N–H and O–H groups in total. The molecule has 0 aliphatic heterocycles. The maximum Gasteiger partial charge on any atom is 0.416 e. The zero-order valence-electron chi connectivity index (χ0n) is 23.4. The van der Waals surface area contributed by atoms with Crippen LogP contribution in [0.1, 0.15) is 67.2 Å². The number of nitrogens with two attached hydrogens (primary N) is 1. The quantitative estimate of drug-likeness (QED) is 0.274. The summed E-state index contributed by atoms with van der Waals surface area (Å²) in [5.41, 5.74) is 6.27. The number of aromatic nitrogens is 4. The van der Waals surface area contributed by atoms with E-state index in [0.29, 0.717) is 23.2 Å². The minimum absolute atomic E-state index is 0.00249. The first-order valence-corrected chi connectivity index (χ1v) is 13.7. The zero-order valence-corrected chi connectivity index (χ0v) is 23.4. The van der Waals surface area contributed by atoms with Crippen LogP contribution in [0.15, 0.2) is 55.0 Å². The molecule has 43 heavy (non-hydrogen) atoms. The first-order valence-electron chi connectivity index (χ1n) is 13.7. The van der Waals surface area contributed by atoms with Gasteiger partial charge in [0.05, 0.1) is 11.6 Å². The number of nitriles is 1. The number of halogens is 3. The second kappa shape index (κ2) is 11.4. The third-order valence-electron chi connectivity index (χ3n) is 7.58. The van der Waals surface area contributed by atoms with Gasteiger partial charge in [0.25, 0.3) is 5.91 Å². The molecule has 3 heterocycles. The number of pyridine rings is 1. The second-order valence-electron chi connectivity index (χ2n) is 11.1. The molecule has 1 aromatic carbocycles. The summed E-state index contributed by atoms with van der Waals surface area (Å²) in [6.45, 7) is 3.17. The Bertz CT molecular complexity index is 1720. The van der Waals surface area contributed by atoms with Gasteiger partial charge in [-0.15, -0.1) is 0 Å². The molecule has 3 aromatic heterocycles. The molecule has 5 rings (SSSR count). The van der Waals surface area contributed by atoms with E-state index >= 15 is 0 Å². The van der Waals surface area contributed by atoms with E-state index < -0.39 is 23.1 Å². The molecule has 0 saturated heterocycles. The molecule has 2 atom stereocenters. The van der Waals surface area contributed by atoms with Crippen LogP contribution < -0.4 is 16.4 Å². The SMILES string of the molecule is CC(C)(C#N)C(=O)NC1CCCC(c2nc(-c3ccc(C(=O)Nc4cc(C(F)(F)F)ccn4)cc3)c3c(N)nccn23)C1. The summed E-state index contributed by atoms with van der Waals surface area (Å²) in [7, 11) is 0. The molecule has 2 unspecified atom stereocenters. The molecule has 1 aliphatic carbocycles. The predicted octanol–water partition coefficient (Wildman–Crippen LogP) is 5.34. The van der Waals surface area contributed by atoms with Gasteiger partial charge in [-0.1, -0.05) is 18.6 Å². The van der Waals surface area contributed by atoms with Gasteiger partial charge >= 0.3 is 6.18 Å². The Balaban J connectivity index is 1.39. The molecular formula is C30H29F3N8O2. The summed E-state index contributed by atoms with van der Waals surface area (Å²) in [6, 6.07) is 9.97. The molecule has 222 valence electrons. The van der Waals surface area contributed by atoms with Crippen LogP contribution in [0.5, 0.6) is 0 Å². The standard InChI is InChI=1S/C30H29F3N8O2/c1-29(2,16-34)28(43)38-21-5-3-4-19(14-21)26-40-23(24-25(35)37-12-13-41(24)26)17-6-8-18(9-7-17)27(42)39-22-15-20(10-11-36-22)30(31,32)33/h6-13,15,19,21H,3-5,14H2,1-2H3,(H2,35,37)(H,38,43)(H,36,39,42). The van der Waals surface area contributed by atoms with Crippen molar-refractivity contribution >= 4 is 29.0 Å². The van der Waals surface area contributed by atoms with Crippen molar-refractivity contribution in [3.8, 4) is 17.3 Å². The Kier molecular flexibility index (Phi) is 7.79. The summed E-state index contributed by atoms with van der Waals surface area (Å²) in [6.07, 6.45) is 2.92. The van der Waals surface area contributed by atoms with E-state index in [2.05, 4.69) is 20.6 Å². The van der Waals surface area contributed by atoms with Crippen LogP contribution >= 0.6 is 0 Å². The van der Waals surface area contributed by atoms with E-state index in [0.717, 1.165) is 43.4 Å². The third-order valence-corrected chi connectivity index (χ3v) is 7.58. The van der Waals surface area contributed by atoms with E-state index in [-0.39, 0.29) is 35.1 Å². The number of carbonyl (C=O) groups is 2. The smallest absolute Gasteiger partial charge is 0.382 e. The van der Waals surface area contributed by atoms with E-state index in [1.54, 1.807) is 50.5 Å². The van der Waals surface area contributed by atoms with Crippen LogP contribution in [0.2, 0.25) is 0 Å². The van der Waals surface area contributed by atoms with Gasteiger partial charge in [-0.2, -0.15) is 18.4 Å². The number of rotatable bonds is 6. The molecule has 4 aromatic rings. The van der Waals surface area contributed by atoms with Crippen molar-refractivity contribution in [2.45, 2.75) is 57.7 Å². The topological polar surface area (TPSA) is 151 Å². The summed E-state index contributed by atoms with van der Waals surface area (Å²) < 4.78 is 41.0. The minimum atomic E-state index is -4.56. The average molecular weight is 591 g/mol. The van der Waals surface area contributed by atoms with Gasteiger partial charge in [0.15, 0.2) is 0 Å². The van der Waals surface area contributed by atoms with Crippen molar-refractivity contribution in [3.05, 3.63) is 71.9 Å². The van der Waals surface area contributed by atoms with Crippen molar-refractivity contribution < 1.29 is 22.8 Å². The maximum atomic E-state index is 13.0. The number of imidazole rings is 1. The Morgan fingerprint density at radius 3 is 2.53 bits per heavy atom. The molecular weight excluding hydrogens is 561 g/mol. The Hall–Kier alpha value is -4.99. The van der Waals surface area contributed by atoms with Crippen LogP contribution in [-0.2, 0) is 11.0 Å². The second-order valence-corrected chi connectivity index (χ2v) is 11.1. The van der Waals surface area contributed by atoms with E-state index in [1.165, 1.54) is 0 Å². The van der Waals surface area contributed by atoms with Gasteiger partial charge in [0, 0.05) is 41.7 Å². The van der Waals surface area contributed by atoms with E-state index in [9.17, 15) is 28.0 Å². The van der Waals surface area contributed by atoms with E-state index in [4.69, 9.17) is 10.7 Å².